The van der Waals surface area contributed by atoms with Crippen LogP contribution in [0.5, 0.6) is 5.75 Å². The summed E-state index contributed by atoms with van der Waals surface area (Å²) < 4.78 is 6.48. The summed E-state index contributed by atoms with van der Waals surface area (Å²) >= 11 is 5.86. The van der Waals surface area contributed by atoms with Crippen LogP contribution in [0.1, 0.15) is 20.7 Å². The summed E-state index contributed by atoms with van der Waals surface area (Å²) in [6.07, 6.45) is 2.72. The highest BCUT2D eigenvalue weighted by Crippen LogP contribution is 2.22. The van der Waals surface area contributed by atoms with Gasteiger partial charge >= 0.3 is 0 Å². The van der Waals surface area contributed by atoms with Crippen LogP contribution in [0.2, 0.25) is 5.02 Å². The molecule has 3 rings (SSSR count). The Morgan fingerprint density at radius 3 is 2.48 bits per heavy atom. The van der Waals surface area contributed by atoms with E-state index in [1.807, 2.05) is 0 Å². The third-order valence-corrected chi connectivity index (χ3v) is 4.10. The van der Waals surface area contributed by atoms with E-state index in [1.165, 1.54) is 66.6 Å². The lowest BCUT2D eigenvalue weighted by Crippen LogP contribution is -2.41. The fourth-order valence-corrected chi connectivity index (χ4v) is 2.58. The Bertz CT molecular complexity index is 1080. The molecule has 11 heteroatoms. The fourth-order valence-electron chi connectivity index (χ4n) is 2.41. The van der Waals surface area contributed by atoms with E-state index in [2.05, 4.69) is 16.0 Å². The van der Waals surface area contributed by atoms with Crippen molar-refractivity contribution < 1.29 is 19.2 Å². The molecule has 0 saturated carbocycles. The second-order valence-electron chi connectivity index (χ2n) is 5.70. The molecular formula is C18H14ClN5O5. The number of halogens is 1. The molecule has 2 N–H and O–H groups in total. The monoisotopic (exact) mass is 415 g/mol. The molecule has 0 fully saturated rings. The minimum atomic E-state index is -0.598. The Kier molecular flexibility index (Phi) is 5.74. The third-order valence-electron chi connectivity index (χ3n) is 3.87. The van der Waals surface area contributed by atoms with E-state index in [0.29, 0.717) is 10.7 Å². The molecule has 0 radical (unpaired) electrons. The number of ether oxygens (including phenoxy) is 1. The summed E-state index contributed by atoms with van der Waals surface area (Å²) in [5.41, 5.74) is 5.41. The number of nitrogens with one attached hydrogen (secondary N) is 2. The predicted octanol–water partition coefficient (Wildman–Crippen LogP) is 2.52. The Labute approximate surface area is 169 Å². The van der Waals surface area contributed by atoms with Crippen LogP contribution in [0, 0.1) is 10.1 Å². The van der Waals surface area contributed by atoms with Gasteiger partial charge in [-0.1, -0.05) is 11.6 Å². The highest BCUT2D eigenvalue weighted by Gasteiger charge is 2.15. The number of rotatable bonds is 5. The van der Waals surface area contributed by atoms with Crippen LogP contribution >= 0.6 is 11.6 Å². The fraction of sp³-hybridized carbons (Fsp3) is 0.0556. The molecule has 1 heterocycles. The number of nitrogens with zero attached hydrogens (tertiary/aromatic N) is 3. The SMILES string of the molecule is COc1cc(Cl)ccc1C(=O)NNC(=O)c1cnn(-c2ccc([N+](=O)[O-])cc2)c1. The van der Waals surface area contributed by atoms with Gasteiger partial charge in [0.2, 0.25) is 0 Å². The maximum absolute atomic E-state index is 12.3. The van der Waals surface area contributed by atoms with Gasteiger partial charge in [0, 0.05) is 23.4 Å². The Balaban J connectivity index is 1.66. The molecule has 0 aliphatic rings. The van der Waals surface area contributed by atoms with Crippen LogP contribution in [0.3, 0.4) is 0 Å². The molecule has 29 heavy (non-hydrogen) atoms. The zero-order chi connectivity index (χ0) is 21.0. The number of non-ortho nitro benzene ring substituents is 1. The first-order chi connectivity index (χ1) is 13.9. The standard InChI is InChI=1S/C18H14ClN5O5/c1-29-16-8-12(19)2-7-15(16)18(26)22-21-17(25)11-9-20-23(10-11)13-3-5-14(6-4-13)24(27)28/h2-10H,1H3,(H,21,25)(H,22,26). The summed E-state index contributed by atoms with van der Waals surface area (Å²) in [5.74, 6) is -0.927. The number of hydrogen-bond donors (Lipinski definition) is 2. The summed E-state index contributed by atoms with van der Waals surface area (Å²) in [5, 5.41) is 15.2. The first-order valence-corrected chi connectivity index (χ1v) is 8.50. The topological polar surface area (TPSA) is 128 Å². The van der Waals surface area contributed by atoms with Crippen LogP contribution in [0.25, 0.3) is 5.69 Å². The number of hydrazine groups is 1. The summed E-state index contributed by atoms with van der Waals surface area (Å²) in [4.78, 5) is 34.7. The molecule has 0 aliphatic heterocycles. The van der Waals surface area contributed by atoms with Crippen molar-refractivity contribution in [1.29, 1.82) is 0 Å². The molecule has 0 aliphatic carbocycles. The summed E-state index contributed by atoms with van der Waals surface area (Å²) in [7, 11) is 1.40. The van der Waals surface area contributed by atoms with Crippen molar-refractivity contribution in [3.05, 3.63) is 81.1 Å². The number of amides is 2. The average Bonchev–Trinajstić information content (AvgIpc) is 3.22. The van der Waals surface area contributed by atoms with Gasteiger partial charge in [-0.05, 0) is 30.3 Å². The van der Waals surface area contributed by atoms with Gasteiger partial charge in [0.25, 0.3) is 17.5 Å². The lowest BCUT2D eigenvalue weighted by atomic mass is 10.2. The van der Waals surface area contributed by atoms with Crippen molar-refractivity contribution in [3.63, 3.8) is 0 Å². The van der Waals surface area contributed by atoms with E-state index < -0.39 is 16.7 Å². The zero-order valence-corrected chi connectivity index (χ0v) is 15.7. The van der Waals surface area contributed by atoms with E-state index in [4.69, 9.17) is 16.3 Å². The minimum Gasteiger partial charge on any atom is -0.496 e. The molecule has 0 atom stereocenters. The molecule has 1 aromatic heterocycles. The Morgan fingerprint density at radius 1 is 1.14 bits per heavy atom. The van der Waals surface area contributed by atoms with Crippen LogP contribution in [0.15, 0.2) is 54.9 Å². The van der Waals surface area contributed by atoms with Gasteiger partial charge in [-0.25, -0.2) is 4.68 Å². The largest absolute Gasteiger partial charge is 0.496 e. The molecular weight excluding hydrogens is 402 g/mol. The van der Waals surface area contributed by atoms with Crippen molar-refractivity contribution in [3.8, 4) is 11.4 Å². The number of nitro benzene ring substituents is 1. The second kappa shape index (κ2) is 8.40. The number of benzene rings is 2. The molecule has 2 aromatic carbocycles. The third kappa shape index (κ3) is 4.50. The first kappa shape index (κ1) is 19.8. The highest BCUT2D eigenvalue weighted by atomic mass is 35.5. The number of aromatic nitrogens is 2. The number of nitro groups is 1. The molecule has 10 nitrogen and oxygen atoms in total. The molecule has 0 saturated heterocycles. The molecule has 2 amide bonds. The molecule has 3 aromatic rings. The lowest BCUT2D eigenvalue weighted by Gasteiger charge is -2.10. The van der Waals surface area contributed by atoms with E-state index in [-0.39, 0.29) is 22.6 Å². The van der Waals surface area contributed by atoms with E-state index in [1.54, 1.807) is 0 Å². The van der Waals surface area contributed by atoms with Crippen molar-refractivity contribution in [2.24, 2.45) is 0 Å². The van der Waals surface area contributed by atoms with Crippen LogP contribution < -0.4 is 15.6 Å². The number of carbonyl (C=O) groups is 2. The van der Waals surface area contributed by atoms with Gasteiger partial charge in [-0.2, -0.15) is 5.10 Å². The number of methoxy groups -OCH3 is 1. The normalized spacial score (nSPS) is 10.3. The maximum Gasteiger partial charge on any atom is 0.273 e. The van der Waals surface area contributed by atoms with Crippen molar-refractivity contribution in [2.45, 2.75) is 0 Å². The Hall–Kier alpha value is -3.92. The second-order valence-corrected chi connectivity index (χ2v) is 6.14. The van der Waals surface area contributed by atoms with Gasteiger partial charge in [-0.3, -0.25) is 30.6 Å². The van der Waals surface area contributed by atoms with Crippen LogP contribution in [0.4, 0.5) is 5.69 Å². The van der Waals surface area contributed by atoms with Crippen molar-refractivity contribution in [2.75, 3.05) is 7.11 Å². The van der Waals surface area contributed by atoms with Gasteiger partial charge in [0.15, 0.2) is 0 Å². The van der Waals surface area contributed by atoms with Crippen LogP contribution in [-0.4, -0.2) is 33.6 Å². The summed E-state index contributed by atoms with van der Waals surface area (Å²) in [6.45, 7) is 0. The quantitative estimate of drug-likeness (QED) is 0.486. The van der Waals surface area contributed by atoms with Crippen molar-refractivity contribution in [1.82, 2.24) is 20.6 Å². The van der Waals surface area contributed by atoms with Gasteiger partial charge in [-0.15, -0.1) is 0 Å². The molecule has 148 valence electrons. The minimum absolute atomic E-state index is 0.0563. The molecule has 0 unspecified atom stereocenters. The lowest BCUT2D eigenvalue weighted by molar-refractivity contribution is -0.384. The van der Waals surface area contributed by atoms with E-state index >= 15 is 0 Å². The van der Waals surface area contributed by atoms with Crippen molar-refractivity contribution >= 4 is 29.1 Å². The summed E-state index contributed by atoms with van der Waals surface area (Å²) in [6, 6.07) is 10.1. The average molecular weight is 416 g/mol. The smallest absolute Gasteiger partial charge is 0.273 e. The van der Waals surface area contributed by atoms with E-state index in [0.717, 1.165) is 0 Å². The number of hydrogen-bond acceptors (Lipinski definition) is 6. The van der Waals surface area contributed by atoms with Gasteiger partial charge in [0.1, 0.15) is 5.75 Å². The zero-order valence-electron chi connectivity index (χ0n) is 15.0. The maximum atomic E-state index is 12.3. The first-order valence-electron chi connectivity index (χ1n) is 8.13. The molecule has 0 bridgehead atoms. The Morgan fingerprint density at radius 2 is 1.83 bits per heavy atom. The number of carbonyl (C=O) groups excluding carboxylic acids is 2. The van der Waals surface area contributed by atoms with Gasteiger partial charge in [0.05, 0.1) is 35.0 Å². The highest BCUT2D eigenvalue weighted by molar-refractivity contribution is 6.30. The van der Waals surface area contributed by atoms with Gasteiger partial charge < -0.3 is 4.74 Å². The predicted molar refractivity (Wildman–Crippen MR) is 103 cm³/mol. The van der Waals surface area contributed by atoms with E-state index in [9.17, 15) is 19.7 Å². The molecule has 0 spiro atoms. The van der Waals surface area contributed by atoms with Crippen LogP contribution in [-0.2, 0) is 0 Å².